The standard InChI is InChI=1S/C9H13N.ClH/c1-2-7-4-9(7)6-10-5-8(9)3-1;/h1-2,7-8,10H,3-6H2;1H. The second-order valence-electron chi connectivity index (χ2n) is 4.04. The van der Waals surface area contributed by atoms with Gasteiger partial charge >= 0.3 is 0 Å². The van der Waals surface area contributed by atoms with Crippen LogP contribution in [0.1, 0.15) is 12.8 Å². The van der Waals surface area contributed by atoms with E-state index in [2.05, 4.69) is 17.5 Å². The van der Waals surface area contributed by atoms with Crippen molar-refractivity contribution >= 4 is 12.4 Å². The zero-order chi connectivity index (χ0) is 6.60. The topological polar surface area (TPSA) is 12.0 Å². The third-order valence-corrected chi connectivity index (χ3v) is 3.63. The molecule has 1 N–H and O–H groups in total. The van der Waals surface area contributed by atoms with E-state index in [-0.39, 0.29) is 12.4 Å². The lowest BCUT2D eigenvalue weighted by molar-refractivity contribution is 0.369. The highest BCUT2D eigenvalue weighted by Crippen LogP contribution is 2.62. The molecule has 0 aromatic carbocycles. The Kier molecular flexibility index (Phi) is 1.55. The Hall–Kier alpha value is -0.0100. The number of hydrogen-bond acceptors (Lipinski definition) is 1. The molecule has 2 heteroatoms. The van der Waals surface area contributed by atoms with Gasteiger partial charge in [-0.3, -0.25) is 0 Å². The monoisotopic (exact) mass is 171 g/mol. The van der Waals surface area contributed by atoms with Gasteiger partial charge in [0.05, 0.1) is 0 Å². The van der Waals surface area contributed by atoms with E-state index >= 15 is 0 Å². The average molecular weight is 172 g/mol. The summed E-state index contributed by atoms with van der Waals surface area (Å²) in [5, 5.41) is 3.51. The fourth-order valence-corrected chi connectivity index (χ4v) is 2.83. The minimum Gasteiger partial charge on any atom is -0.316 e. The molecule has 1 heterocycles. The van der Waals surface area contributed by atoms with Crippen LogP contribution in [-0.2, 0) is 0 Å². The van der Waals surface area contributed by atoms with E-state index in [9.17, 15) is 0 Å². The molecule has 11 heavy (non-hydrogen) atoms. The van der Waals surface area contributed by atoms with Crippen LogP contribution in [0.15, 0.2) is 12.2 Å². The number of allylic oxidation sites excluding steroid dienone is 2. The van der Waals surface area contributed by atoms with E-state index in [0.29, 0.717) is 0 Å². The quantitative estimate of drug-likeness (QED) is 0.546. The first-order valence-corrected chi connectivity index (χ1v) is 4.29. The van der Waals surface area contributed by atoms with Crippen LogP contribution in [0.4, 0.5) is 0 Å². The molecule has 1 nitrogen and oxygen atoms in total. The highest BCUT2D eigenvalue weighted by molar-refractivity contribution is 5.85. The average Bonchev–Trinajstić information content (AvgIpc) is 2.51. The van der Waals surface area contributed by atoms with E-state index in [0.717, 1.165) is 17.3 Å². The normalized spacial score (nSPS) is 50.9. The molecule has 1 saturated heterocycles. The maximum absolute atomic E-state index is 3.51. The molecule has 0 radical (unpaired) electrons. The largest absolute Gasteiger partial charge is 0.316 e. The Bertz CT molecular complexity index is 202. The van der Waals surface area contributed by atoms with Crippen molar-refractivity contribution in [3.63, 3.8) is 0 Å². The van der Waals surface area contributed by atoms with Crippen molar-refractivity contribution in [2.24, 2.45) is 17.3 Å². The van der Waals surface area contributed by atoms with Crippen LogP contribution in [0.25, 0.3) is 0 Å². The van der Waals surface area contributed by atoms with Crippen molar-refractivity contribution in [2.75, 3.05) is 13.1 Å². The third kappa shape index (κ3) is 0.814. The van der Waals surface area contributed by atoms with Crippen molar-refractivity contribution in [3.8, 4) is 0 Å². The maximum Gasteiger partial charge on any atom is 0.00171 e. The summed E-state index contributed by atoms with van der Waals surface area (Å²) in [7, 11) is 0. The summed E-state index contributed by atoms with van der Waals surface area (Å²) in [5.41, 5.74) is 0.759. The van der Waals surface area contributed by atoms with Crippen LogP contribution in [0.3, 0.4) is 0 Å². The molecule has 62 valence electrons. The first kappa shape index (κ1) is 7.63. The van der Waals surface area contributed by atoms with Gasteiger partial charge in [-0.2, -0.15) is 0 Å². The predicted octanol–water partition coefficient (Wildman–Crippen LogP) is 1.59. The summed E-state index contributed by atoms with van der Waals surface area (Å²) in [5.74, 6) is 1.95. The molecule has 3 unspecified atom stereocenters. The van der Waals surface area contributed by atoms with Crippen LogP contribution in [0, 0.1) is 17.3 Å². The lowest BCUT2D eigenvalue weighted by Crippen LogP contribution is -2.17. The van der Waals surface area contributed by atoms with Crippen molar-refractivity contribution < 1.29 is 0 Å². The zero-order valence-corrected chi connectivity index (χ0v) is 7.36. The Balaban J connectivity index is 0.000000480. The van der Waals surface area contributed by atoms with Crippen LogP contribution in [0.5, 0.6) is 0 Å². The first-order valence-electron chi connectivity index (χ1n) is 4.29. The molecule has 1 aliphatic heterocycles. The van der Waals surface area contributed by atoms with Crippen LogP contribution in [-0.4, -0.2) is 13.1 Å². The summed E-state index contributed by atoms with van der Waals surface area (Å²) >= 11 is 0. The van der Waals surface area contributed by atoms with Gasteiger partial charge in [0.15, 0.2) is 0 Å². The molecular formula is C9H14ClN. The molecule has 3 aliphatic rings. The minimum atomic E-state index is 0. The van der Waals surface area contributed by atoms with Gasteiger partial charge in [-0.05, 0) is 36.6 Å². The molecular weight excluding hydrogens is 158 g/mol. The van der Waals surface area contributed by atoms with Crippen molar-refractivity contribution in [1.82, 2.24) is 5.32 Å². The lowest BCUT2D eigenvalue weighted by Gasteiger charge is -2.19. The van der Waals surface area contributed by atoms with E-state index in [1.807, 2.05) is 0 Å². The van der Waals surface area contributed by atoms with Crippen molar-refractivity contribution in [1.29, 1.82) is 0 Å². The van der Waals surface area contributed by atoms with E-state index in [4.69, 9.17) is 0 Å². The van der Waals surface area contributed by atoms with Gasteiger partial charge in [-0.15, -0.1) is 12.4 Å². The number of rotatable bonds is 0. The smallest absolute Gasteiger partial charge is 0.00171 e. The van der Waals surface area contributed by atoms with Gasteiger partial charge in [0.1, 0.15) is 0 Å². The van der Waals surface area contributed by atoms with E-state index in [1.165, 1.54) is 25.9 Å². The zero-order valence-electron chi connectivity index (χ0n) is 6.55. The third-order valence-electron chi connectivity index (χ3n) is 3.63. The fourth-order valence-electron chi connectivity index (χ4n) is 2.83. The second kappa shape index (κ2) is 2.24. The molecule has 1 spiro atoms. The molecule has 3 rings (SSSR count). The molecule has 0 aromatic heterocycles. The van der Waals surface area contributed by atoms with Gasteiger partial charge in [-0.1, -0.05) is 12.2 Å². The molecule has 0 amide bonds. The van der Waals surface area contributed by atoms with Crippen LogP contribution < -0.4 is 5.32 Å². The summed E-state index contributed by atoms with van der Waals surface area (Å²) < 4.78 is 0. The molecule has 0 aromatic rings. The molecule has 2 aliphatic carbocycles. The summed E-state index contributed by atoms with van der Waals surface area (Å²) in [6.07, 6.45) is 7.63. The highest BCUT2D eigenvalue weighted by atomic mass is 35.5. The second-order valence-corrected chi connectivity index (χ2v) is 4.04. The van der Waals surface area contributed by atoms with Crippen LogP contribution >= 0.6 is 12.4 Å². The molecule has 3 atom stereocenters. The summed E-state index contributed by atoms with van der Waals surface area (Å²) in [6.45, 7) is 2.58. The van der Waals surface area contributed by atoms with E-state index in [1.54, 1.807) is 0 Å². The molecule has 0 bridgehead atoms. The number of hydrogen-bond donors (Lipinski definition) is 1. The van der Waals surface area contributed by atoms with Gasteiger partial charge in [-0.25, -0.2) is 0 Å². The SMILES string of the molecule is C1=CC2CC23CNCC3C1.Cl. The van der Waals surface area contributed by atoms with Gasteiger partial charge in [0, 0.05) is 6.54 Å². The summed E-state index contributed by atoms with van der Waals surface area (Å²) in [6, 6.07) is 0. The fraction of sp³-hybridized carbons (Fsp3) is 0.778. The highest BCUT2D eigenvalue weighted by Gasteiger charge is 2.60. The van der Waals surface area contributed by atoms with Gasteiger partial charge in [0.25, 0.3) is 0 Å². The van der Waals surface area contributed by atoms with Gasteiger partial charge < -0.3 is 5.32 Å². The lowest BCUT2D eigenvalue weighted by atomic mass is 9.84. The van der Waals surface area contributed by atoms with Crippen molar-refractivity contribution in [2.45, 2.75) is 12.8 Å². The van der Waals surface area contributed by atoms with Gasteiger partial charge in [0.2, 0.25) is 0 Å². The summed E-state index contributed by atoms with van der Waals surface area (Å²) in [4.78, 5) is 0. The Morgan fingerprint density at radius 2 is 2.36 bits per heavy atom. The molecule has 1 saturated carbocycles. The predicted molar refractivity (Wildman–Crippen MR) is 47.9 cm³/mol. The Morgan fingerprint density at radius 3 is 3.18 bits per heavy atom. The minimum absolute atomic E-state index is 0. The Morgan fingerprint density at radius 1 is 1.45 bits per heavy atom. The molecule has 2 fully saturated rings. The van der Waals surface area contributed by atoms with Crippen molar-refractivity contribution in [3.05, 3.63) is 12.2 Å². The number of nitrogens with one attached hydrogen (secondary N) is 1. The Labute approximate surface area is 73.7 Å². The van der Waals surface area contributed by atoms with Crippen LogP contribution in [0.2, 0.25) is 0 Å². The van der Waals surface area contributed by atoms with E-state index < -0.39 is 0 Å². The number of halogens is 1. The first-order chi connectivity index (χ1) is 4.92. The maximum atomic E-state index is 3.51.